The zero-order valence-electron chi connectivity index (χ0n) is 17.1. The maximum absolute atomic E-state index is 10.2. The van der Waals surface area contributed by atoms with Crippen molar-refractivity contribution in [2.24, 2.45) is 10.9 Å². The second-order valence-corrected chi connectivity index (χ2v) is 8.00. The van der Waals surface area contributed by atoms with Crippen molar-refractivity contribution in [3.05, 3.63) is 0 Å². The summed E-state index contributed by atoms with van der Waals surface area (Å²) in [5.74, 6) is 1.14. The molecule has 148 valence electrons. The summed E-state index contributed by atoms with van der Waals surface area (Å²) in [5, 5.41) is 13.4. The van der Waals surface area contributed by atoms with Crippen LogP contribution in [0.15, 0.2) is 4.99 Å². The summed E-state index contributed by atoms with van der Waals surface area (Å²) >= 11 is 0. The SMILES string of the molecule is CCCCCCCCCCCCCCCCC(C)C(O)C1=NCCN1. The zero-order valence-corrected chi connectivity index (χ0v) is 17.1. The molecule has 0 saturated carbocycles. The second kappa shape index (κ2) is 15.7. The van der Waals surface area contributed by atoms with Crippen LogP contribution in [0.5, 0.6) is 0 Å². The highest BCUT2D eigenvalue weighted by atomic mass is 16.3. The fourth-order valence-electron chi connectivity index (χ4n) is 3.70. The van der Waals surface area contributed by atoms with Crippen molar-refractivity contribution in [3.63, 3.8) is 0 Å². The van der Waals surface area contributed by atoms with Gasteiger partial charge in [0.25, 0.3) is 0 Å². The molecule has 1 aliphatic rings. The molecule has 2 atom stereocenters. The number of nitrogens with zero attached hydrogens (tertiary/aromatic N) is 1. The number of unbranched alkanes of at least 4 members (excludes halogenated alkanes) is 13. The van der Waals surface area contributed by atoms with Gasteiger partial charge >= 0.3 is 0 Å². The van der Waals surface area contributed by atoms with Gasteiger partial charge in [-0.15, -0.1) is 0 Å². The van der Waals surface area contributed by atoms with Crippen molar-refractivity contribution in [3.8, 4) is 0 Å². The molecule has 0 aromatic rings. The minimum absolute atomic E-state index is 0.321. The summed E-state index contributed by atoms with van der Waals surface area (Å²) < 4.78 is 0. The van der Waals surface area contributed by atoms with Crippen molar-refractivity contribution < 1.29 is 5.11 Å². The van der Waals surface area contributed by atoms with Crippen molar-refractivity contribution in [2.45, 2.75) is 116 Å². The first-order valence-corrected chi connectivity index (χ1v) is 11.2. The lowest BCUT2D eigenvalue weighted by molar-refractivity contribution is 0.169. The molecule has 0 bridgehead atoms. The van der Waals surface area contributed by atoms with Crippen LogP contribution in [0.3, 0.4) is 0 Å². The van der Waals surface area contributed by atoms with Crippen LogP contribution in [-0.2, 0) is 0 Å². The smallest absolute Gasteiger partial charge is 0.126 e. The zero-order chi connectivity index (χ0) is 18.2. The Morgan fingerprint density at radius 1 is 0.840 bits per heavy atom. The van der Waals surface area contributed by atoms with E-state index in [4.69, 9.17) is 0 Å². The molecule has 1 rings (SSSR count). The molecule has 0 amide bonds. The molecule has 0 fully saturated rings. The van der Waals surface area contributed by atoms with E-state index in [9.17, 15) is 5.11 Å². The Bertz CT molecular complexity index is 330. The van der Waals surface area contributed by atoms with Crippen molar-refractivity contribution in [1.29, 1.82) is 0 Å². The number of aliphatic hydroxyl groups excluding tert-OH is 1. The number of nitrogens with one attached hydrogen (secondary N) is 1. The Labute approximate surface area is 157 Å². The number of hydrogen-bond acceptors (Lipinski definition) is 3. The molecule has 0 aromatic heterocycles. The Kier molecular flexibility index (Phi) is 14.1. The lowest BCUT2D eigenvalue weighted by Crippen LogP contribution is -2.35. The molecule has 0 aliphatic carbocycles. The van der Waals surface area contributed by atoms with Crippen LogP contribution in [0.4, 0.5) is 0 Å². The van der Waals surface area contributed by atoms with Crippen LogP contribution in [0.2, 0.25) is 0 Å². The van der Waals surface area contributed by atoms with E-state index in [-0.39, 0.29) is 6.10 Å². The third-order valence-corrected chi connectivity index (χ3v) is 5.53. The quantitative estimate of drug-likeness (QED) is 0.322. The average Bonchev–Trinajstić information content (AvgIpc) is 3.15. The van der Waals surface area contributed by atoms with Gasteiger partial charge < -0.3 is 10.4 Å². The molecular weight excluding hydrogens is 308 g/mol. The van der Waals surface area contributed by atoms with Crippen LogP contribution in [-0.4, -0.2) is 30.1 Å². The van der Waals surface area contributed by atoms with Crippen molar-refractivity contribution in [1.82, 2.24) is 5.32 Å². The van der Waals surface area contributed by atoms with E-state index in [0.29, 0.717) is 5.92 Å². The Morgan fingerprint density at radius 3 is 1.76 bits per heavy atom. The van der Waals surface area contributed by atoms with Gasteiger partial charge in [0.2, 0.25) is 0 Å². The van der Waals surface area contributed by atoms with Gasteiger partial charge in [-0.1, -0.05) is 104 Å². The standard InChI is InChI=1S/C22H44N2O/c1-3-4-5-6-7-8-9-10-11-12-13-14-15-16-17-20(2)21(25)22-23-18-19-24-22/h20-21,25H,3-19H2,1-2H3,(H,23,24). The van der Waals surface area contributed by atoms with E-state index in [2.05, 4.69) is 24.2 Å². The molecule has 0 spiro atoms. The van der Waals surface area contributed by atoms with Crippen LogP contribution in [0.25, 0.3) is 0 Å². The molecule has 1 heterocycles. The van der Waals surface area contributed by atoms with Crippen LogP contribution in [0.1, 0.15) is 110 Å². The van der Waals surface area contributed by atoms with Gasteiger partial charge in [0.15, 0.2) is 0 Å². The van der Waals surface area contributed by atoms with Crippen molar-refractivity contribution >= 4 is 5.84 Å². The van der Waals surface area contributed by atoms with Gasteiger partial charge in [-0.05, 0) is 12.3 Å². The Balaban J connectivity index is 1.80. The number of hydrogen-bond donors (Lipinski definition) is 2. The normalized spacial score (nSPS) is 16.5. The summed E-state index contributed by atoms with van der Waals surface area (Å²) in [4.78, 5) is 4.33. The highest BCUT2D eigenvalue weighted by Crippen LogP contribution is 2.17. The van der Waals surface area contributed by atoms with Crippen LogP contribution >= 0.6 is 0 Å². The van der Waals surface area contributed by atoms with Gasteiger partial charge in [0, 0.05) is 6.54 Å². The number of rotatable bonds is 17. The van der Waals surface area contributed by atoms with E-state index >= 15 is 0 Å². The van der Waals surface area contributed by atoms with Crippen LogP contribution < -0.4 is 5.32 Å². The predicted octanol–water partition coefficient (Wildman–Crippen LogP) is 5.86. The predicted molar refractivity (Wildman–Crippen MR) is 110 cm³/mol. The van der Waals surface area contributed by atoms with E-state index in [0.717, 1.165) is 25.3 Å². The summed E-state index contributed by atoms with van der Waals surface area (Å²) in [5.41, 5.74) is 0. The van der Waals surface area contributed by atoms with Crippen molar-refractivity contribution in [2.75, 3.05) is 13.1 Å². The van der Waals surface area contributed by atoms with Gasteiger partial charge in [0.05, 0.1) is 6.54 Å². The van der Waals surface area contributed by atoms with Gasteiger partial charge in [-0.3, -0.25) is 4.99 Å². The molecule has 3 heteroatoms. The summed E-state index contributed by atoms with van der Waals surface area (Å²) in [6, 6.07) is 0. The molecule has 0 radical (unpaired) electrons. The molecule has 3 nitrogen and oxygen atoms in total. The molecule has 2 unspecified atom stereocenters. The lowest BCUT2D eigenvalue weighted by Gasteiger charge is -2.19. The monoisotopic (exact) mass is 352 g/mol. The summed E-state index contributed by atoms with van der Waals surface area (Å²) in [6.45, 7) is 6.14. The molecular formula is C22H44N2O. The largest absolute Gasteiger partial charge is 0.385 e. The topological polar surface area (TPSA) is 44.6 Å². The fourth-order valence-corrected chi connectivity index (χ4v) is 3.70. The van der Waals surface area contributed by atoms with E-state index in [1.807, 2.05) is 0 Å². The lowest BCUT2D eigenvalue weighted by atomic mass is 9.96. The molecule has 25 heavy (non-hydrogen) atoms. The summed E-state index contributed by atoms with van der Waals surface area (Å²) in [7, 11) is 0. The third kappa shape index (κ3) is 11.6. The van der Waals surface area contributed by atoms with E-state index < -0.39 is 0 Å². The first-order chi connectivity index (χ1) is 12.3. The molecule has 0 aromatic carbocycles. The fraction of sp³-hybridized carbons (Fsp3) is 0.955. The Morgan fingerprint density at radius 2 is 1.32 bits per heavy atom. The maximum atomic E-state index is 10.2. The number of aliphatic imine (C=N–C) groups is 1. The average molecular weight is 353 g/mol. The highest BCUT2D eigenvalue weighted by molar-refractivity contribution is 5.87. The third-order valence-electron chi connectivity index (χ3n) is 5.53. The van der Waals surface area contributed by atoms with E-state index in [1.54, 1.807) is 0 Å². The second-order valence-electron chi connectivity index (χ2n) is 8.00. The first-order valence-electron chi connectivity index (χ1n) is 11.2. The van der Waals surface area contributed by atoms with Crippen LogP contribution in [0, 0.1) is 5.92 Å². The van der Waals surface area contributed by atoms with Gasteiger partial charge in [-0.25, -0.2) is 0 Å². The highest BCUT2D eigenvalue weighted by Gasteiger charge is 2.21. The first kappa shape index (κ1) is 22.5. The Hall–Kier alpha value is -0.570. The number of aliphatic hydroxyl groups is 1. The van der Waals surface area contributed by atoms with E-state index in [1.165, 1.54) is 89.9 Å². The van der Waals surface area contributed by atoms with Gasteiger partial charge in [0.1, 0.15) is 11.9 Å². The maximum Gasteiger partial charge on any atom is 0.126 e. The number of amidine groups is 1. The summed E-state index contributed by atoms with van der Waals surface area (Å²) in [6.07, 6.45) is 20.3. The molecule has 0 saturated heterocycles. The minimum atomic E-state index is -0.385. The van der Waals surface area contributed by atoms with Gasteiger partial charge in [-0.2, -0.15) is 0 Å². The molecule has 1 aliphatic heterocycles. The minimum Gasteiger partial charge on any atom is -0.385 e. The molecule has 2 N–H and O–H groups in total.